The number of halogens is 2. The first-order valence-electron chi connectivity index (χ1n) is 9.43. The lowest BCUT2D eigenvalue weighted by atomic mass is 10.00. The maximum absolute atomic E-state index is 14.8. The Bertz CT molecular complexity index is 924. The molecule has 1 aliphatic rings. The van der Waals surface area contributed by atoms with Crippen LogP contribution in [0.1, 0.15) is 30.2 Å². The van der Waals surface area contributed by atoms with Gasteiger partial charge in [0.1, 0.15) is 0 Å². The third kappa shape index (κ3) is 3.83. The van der Waals surface area contributed by atoms with Crippen molar-refractivity contribution in [3.63, 3.8) is 0 Å². The predicted molar refractivity (Wildman–Crippen MR) is 107 cm³/mol. The minimum atomic E-state index is -0.786. The molecule has 3 aromatic rings. The van der Waals surface area contributed by atoms with Gasteiger partial charge in [0, 0.05) is 33.9 Å². The number of benzene rings is 2. The molecule has 0 N–H and O–H groups in total. The molecule has 4 rings (SSSR count). The molecule has 0 radical (unpaired) electrons. The van der Waals surface area contributed by atoms with E-state index in [0.717, 1.165) is 42.0 Å². The zero-order valence-electron chi connectivity index (χ0n) is 15.3. The van der Waals surface area contributed by atoms with Crippen molar-refractivity contribution in [2.75, 3.05) is 6.61 Å². The van der Waals surface area contributed by atoms with Crippen molar-refractivity contribution >= 4 is 11.3 Å². The van der Waals surface area contributed by atoms with Crippen LogP contribution in [0.4, 0.5) is 8.78 Å². The fourth-order valence-electron chi connectivity index (χ4n) is 3.54. The maximum atomic E-state index is 14.8. The van der Waals surface area contributed by atoms with Gasteiger partial charge in [0.25, 0.3) is 0 Å². The molecule has 1 saturated heterocycles. The van der Waals surface area contributed by atoms with Crippen molar-refractivity contribution in [2.24, 2.45) is 0 Å². The Balaban J connectivity index is 1.60. The van der Waals surface area contributed by atoms with Crippen molar-refractivity contribution < 1.29 is 13.5 Å². The molecule has 2 aromatic carbocycles. The van der Waals surface area contributed by atoms with E-state index in [-0.39, 0.29) is 6.10 Å². The first-order valence-corrected chi connectivity index (χ1v) is 10.3. The monoisotopic (exact) mass is 384 g/mol. The molecule has 1 aromatic heterocycles. The minimum Gasteiger partial charge on any atom is -0.378 e. The Morgan fingerprint density at radius 2 is 1.70 bits per heavy atom. The molecular weight excluding hydrogens is 362 g/mol. The van der Waals surface area contributed by atoms with Gasteiger partial charge in [-0.3, -0.25) is 0 Å². The van der Waals surface area contributed by atoms with E-state index in [4.69, 9.17) is 4.74 Å². The summed E-state index contributed by atoms with van der Waals surface area (Å²) in [5.41, 5.74) is 2.49. The van der Waals surface area contributed by atoms with Crippen molar-refractivity contribution in [2.45, 2.75) is 38.7 Å². The van der Waals surface area contributed by atoms with Gasteiger partial charge in [-0.1, -0.05) is 37.3 Å². The average Bonchev–Trinajstić information content (AvgIpc) is 3.37. The SMILES string of the molecule is CCc1ccc(-c2ccc(-c3ccc(CC4CCCO4)s3)c(F)c2F)cc1. The Morgan fingerprint density at radius 1 is 0.963 bits per heavy atom. The minimum absolute atomic E-state index is 0.256. The van der Waals surface area contributed by atoms with Crippen LogP contribution in [-0.4, -0.2) is 12.7 Å². The zero-order chi connectivity index (χ0) is 18.8. The molecule has 1 atom stereocenters. The van der Waals surface area contributed by atoms with Gasteiger partial charge in [-0.2, -0.15) is 0 Å². The Kier molecular flexibility index (Phi) is 5.37. The van der Waals surface area contributed by atoms with E-state index in [0.29, 0.717) is 16.7 Å². The van der Waals surface area contributed by atoms with Gasteiger partial charge in [0.2, 0.25) is 0 Å². The fraction of sp³-hybridized carbons (Fsp3) is 0.304. The van der Waals surface area contributed by atoms with Gasteiger partial charge < -0.3 is 4.74 Å². The third-order valence-electron chi connectivity index (χ3n) is 5.14. The van der Waals surface area contributed by atoms with Crippen LogP contribution in [0.5, 0.6) is 0 Å². The third-order valence-corrected chi connectivity index (χ3v) is 6.28. The highest BCUT2D eigenvalue weighted by Crippen LogP contribution is 2.35. The Morgan fingerprint density at radius 3 is 2.41 bits per heavy atom. The van der Waals surface area contributed by atoms with Crippen LogP contribution in [0.2, 0.25) is 0 Å². The smallest absolute Gasteiger partial charge is 0.168 e. The lowest BCUT2D eigenvalue weighted by Crippen LogP contribution is -2.07. The summed E-state index contributed by atoms with van der Waals surface area (Å²) in [5.74, 6) is -1.57. The molecule has 0 spiro atoms. The van der Waals surface area contributed by atoms with Gasteiger partial charge in [0.05, 0.1) is 6.10 Å². The van der Waals surface area contributed by atoms with Crippen LogP contribution in [0.15, 0.2) is 48.5 Å². The maximum Gasteiger partial charge on any atom is 0.168 e. The van der Waals surface area contributed by atoms with E-state index in [1.54, 1.807) is 12.1 Å². The second kappa shape index (κ2) is 7.91. The quantitative estimate of drug-likeness (QED) is 0.479. The van der Waals surface area contributed by atoms with Crippen LogP contribution < -0.4 is 0 Å². The lowest BCUT2D eigenvalue weighted by Gasteiger charge is -2.09. The molecule has 4 heteroatoms. The highest BCUT2D eigenvalue weighted by atomic mass is 32.1. The molecule has 27 heavy (non-hydrogen) atoms. The number of rotatable bonds is 5. The normalized spacial score (nSPS) is 16.8. The summed E-state index contributed by atoms with van der Waals surface area (Å²) in [7, 11) is 0. The molecule has 1 fully saturated rings. The van der Waals surface area contributed by atoms with Crippen LogP contribution in [0, 0.1) is 11.6 Å². The molecule has 0 bridgehead atoms. The molecule has 1 unspecified atom stereocenters. The number of aryl methyl sites for hydroxylation is 1. The second-order valence-corrected chi connectivity index (χ2v) is 8.11. The van der Waals surface area contributed by atoms with Crippen molar-refractivity contribution in [3.8, 4) is 21.6 Å². The van der Waals surface area contributed by atoms with E-state index in [1.807, 2.05) is 36.4 Å². The van der Waals surface area contributed by atoms with Gasteiger partial charge in [-0.15, -0.1) is 11.3 Å². The van der Waals surface area contributed by atoms with Crippen molar-refractivity contribution in [1.82, 2.24) is 0 Å². The van der Waals surface area contributed by atoms with E-state index in [1.165, 1.54) is 16.9 Å². The zero-order valence-corrected chi connectivity index (χ0v) is 16.1. The Labute approximate surface area is 162 Å². The van der Waals surface area contributed by atoms with E-state index in [9.17, 15) is 8.78 Å². The molecule has 140 valence electrons. The van der Waals surface area contributed by atoms with Crippen LogP contribution in [-0.2, 0) is 17.6 Å². The first-order chi connectivity index (χ1) is 13.2. The van der Waals surface area contributed by atoms with Crippen LogP contribution in [0.25, 0.3) is 21.6 Å². The largest absolute Gasteiger partial charge is 0.378 e. The molecular formula is C23H22F2OS. The standard InChI is InChI=1S/C23H22F2OS/c1-2-15-5-7-16(8-6-15)19-10-11-20(23(25)22(19)24)21-12-9-18(27-21)14-17-4-3-13-26-17/h5-12,17H,2-4,13-14H2,1H3. The second-order valence-electron chi connectivity index (χ2n) is 6.94. The van der Waals surface area contributed by atoms with E-state index >= 15 is 0 Å². The van der Waals surface area contributed by atoms with Gasteiger partial charge >= 0.3 is 0 Å². The van der Waals surface area contributed by atoms with Crippen LogP contribution >= 0.6 is 11.3 Å². The Hall–Kier alpha value is -2.04. The average molecular weight is 384 g/mol. The first kappa shape index (κ1) is 18.3. The molecule has 2 heterocycles. The highest BCUT2D eigenvalue weighted by Gasteiger charge is 2.19. The highest BCUT2D eigenvalue weighted by molar-refractivity contribution is 7.15. The molecule has 1 aliphatic heterocycles. The summed E-state index contributed by atoms with van der Waals surface area (Å²) in [6.45, 7) is 2.89. The summed E-state index contributed by atoms with van der Waals surface area (Å²) >= 11 is 1.52. The molecule has 0 amide bonds. The van der Waals surface area contributed by atoms with Crippen molar-refractivity contribution in [3.05, 3.63) is 70.6 Å². The van der Waals surface area contributed by atoms with Gasteiger partial charge in [0.15, 0.2) is 11.6 Å². The summed E-state index contributed by atoms with van der Waals surface area (Å²) in [6, 6.07) is 14.8. The van der Waals surface area contributed by atoms with E-state index < -0.39 is 11.6 Å². The van der Waals surface area contributed by atoms with Crippen LogP contribution in [0.3, 0.4) is 0 Å². The molecule has 0 saturated carbocycles. The molecule has 1 nitrogen and oxygen atoms in total. The lowest BCUT2D eigenvalue weighted by molar-refractivity contribution is 0.112. The summed E-state index contributed by atoms with van der Waals surface area (Å²) in [5, 5.41) is 0. The topological polar surface area (TPSA) is 9.23 Å². The predicted octanol–water partition coefficient (Wildman–Crippen LogP) is 6.64. The van der Waals surface area contributed by atoms with Gasteiger partial charge in [-0.05, 0) is 48.6 Å². The van der Waals surface area contributed by atoms with Crippen molar-refractivity contribution in [1.29, 1.82) is 0 Å². The summed E-state index contributed by atoms with van der Waals surface area (Å²) < 4.78 is 35.2. The molecule has 0 aliphatic carbocycles. The van der Waals surface area contributed by atoms with E-state index in [2.05, 4.69) is 6.92 Å². The number of ether oxygens (including phenoxy) is 1. The van der Waals surface area contributed by atoms with Gasteiger partial charge in [-0.25, -0.2) is 8.78 Å². The summed E-state index contributed by atoms with van der Waals surface area (Å²) in [4.78, 5) is 1.91. The number of thiophene rings is 1. The number of hydrogen-bond donors (Lipinski definition) is 0. The fourth-order valence-corrected chi connectivity index (χ4v) is 4.64. The summed E-state index contributed by atoms with van der Waals surface area (Å²) in [6.07, 6.45) is 4.19. The number of hydrogen-bond acceptors (Lipinski definition) is 2.